The SMILES string of the molecule is CCCCCCCC(CN)N1CCCC2CCCC21. The quantitative estimate of drug-likeness (QED) is 0.674. The van der Waals surface area contributed by atoms with Crippen molar-refractivity contribution < 1.29 is 0 Å². The molecule has 0 amide bonds. The van der Waals surface area contributed by atoms with Crippen molar-refractivity contribution in [3.8, 4) is 0 Å². The Bertz CT molecular complexity index is 241. The minimum absolute atomic E-state index is 0.674. The molecule has 1 heterocycles. The van der Waals surface area contributed by atoms with Crippen LogP contribution in [0.25, 0.3) is 0 Å². The number of piperidine rings is 1. The molecule has 2 nitrogen and oxygen atoms in total. The molecule has 19 heavy (non-hydrogen) atoms. The molecule has 3 unspecified atom stereocenters. The Morgan fingerprint density at radius 1 is 1.05 bits per heavy atom. The maximum Gasteiger partial charge on any atom is 0.0221 e. The van der Waals surface area contributed by atoms with Crippen molar-refractivity contribution in [2.45, 2.75) is 89.6 Å². The Balaban J connectivity index is 1.76. The van der Waals surface area contributed by atoms with Crippen molar-refractivity contribution in [2.24, 2.45) is 11.7 Å². The fourth-order valence-corrected chi connectivity index (χ4v) is 4.35. The Hall–Kier alpha value is -0.0800. The van der Waals surface area contributed by atoms with Gasteiger partial charge in [-0.25, -0.2) is 0 Å². The van der Waals surface area contributed by atoms with Gasteiger partial charge >= 0.3 is 0 Å². The smallest absolute Gasteiger partial charge is 0.0221 e. The van der Waals surface area contributed by atoms with Crippen LogP contribution < -0.4 is 5.73 Å². The molecule has 1 aliphatic heterocycles. The van der Waals surface area contributed by atoms with E-state index >= 15 is 0 Å². The Kier molecular flexibility index (Phi) is 6.66. The highest BCUT2D eigenvalue weighted by molar-refractivity contribution is 4.92. The molecule has 3 atom stereocenters. The van der Waals surface area contributed by atoms with Crippen LogP contribution in [-0.2, 0) is 0 Å². The first-order valence-electron chi connectivity index (χ1n) is 8.82. The molecule has 1 saturated heterocycles. The van der Waals surface area contributed by atoms with Gasteiger partial charge in [0.2, 0.25) is 0 Å². The lowest BCUT2D eigenvalue weighted by atomic mass is 9.89. The zero-order valence-corrected chi connectivity index (χ0v) is 12.9. The van der Waals surface area contributed by atoms with Gasteiger partial charge < -0.3 is 5.73 Å². The van der Waals surface area contributed by atoms with Crippen molar-refractivity contribution in [3.63, 3.8) is 0 Å². The molecule has 2 aliphatic rings. The van der Waals surface area contributed by atoms with E-state index < -0.39 is 0 Å². The molecule has 0 aromatic heterocycles. The molecule has 0 radical (unpaired) electrons. The van der Waals surface area contributed by atoms with Crippen LogP contribution in [0, 0.1) is 5.92 Å². The number of hydrogen-bond acceptors (Lipinski definition) is 2. The molecule has 2 rings (SSSR count). The van der Waals surface area contributed by atoms with E-state index in [0.717, 1.165) is 18.5 Å². The number of nitrogens with zero attached hydrogens (tertiary/aromatic N) is 1. The van der Waals surface area contributed by atoms with Crippen LogP contribution in [0.4, 0.5) is 0 Å². The molecular weight excluding hydrogens is 232 g/mol. The molecule has 2 fully saturated rings. The summed E-state index contributed by atoms with van der Waals surface area (Å²) >= 11 is 0. The molecule has 2 N–H and O–H groups in total. The van der Waals surface area contributed by atoms with Gasteiger partial charge in [-0.05, 0) is 44.6 Å². The molecule has 2 heteroatoms. The first kappa shape index (κ1) is 15.3. The van der Waals surface area contributed by atoms with Crippen molar-refractivity contribution in [3.05, 3.63) is 0 Å². The Labute approximate surface area is 120 Å². The van der Waals surface area contributed by atoms with Crippen LogP contribution in [0.15, 0.2) is 0 Å². The molecule has 1 aliphatic carbocycles. The fraction of sp³-hybridized carbons (Fsp3) is 1.00. The maximum atomic E-state index is 6.09. The summed E-state index contributed by atoms with van der Waals surface area (Å²) < 4.78 is 0. The molecule has 112 valence electrons. The maximum absolute atomic E-state index is 6.09. The van der Waals surface area contributed by atoms with E-state index in [1.54, 1.807) is 0 Å². The van der Waals surface area contributed by atoms with Crippen molar-refractivity contribution in [1.29, 1.82) is 0 Å². The largest absolute Gasteiger partial charge is 0.329 e. The first-order valence-corrected chi connectivity index (χ1v) is 8.82. The summed E-state index contributed by atoms with van der Waals surface area (Å²) in [7, 11) is 0. The molecule has 0 aromatic rings. The van der Waals surface area contributed by atoms with Gasteiger partial charge in [-0.2, -0.15) is 0 Å². The van der Waals surface area contributed by atoms with Crippen LogP contribution in [-0.4, -0.2) is 30.1 Å². The third kappa shape index (κ3) is 4.19. The lowest BCUT2D eigenvalue weighted by Crippen LogP contribution is -2.51. The van der Waals surface area contributed by atoms with E-state index in [9.17, 15) is 0 Å². The van der Waals surface area contributed by atoms with Crippen molar-refractivity contribution in [1.82, 2.24) is 4.90 Å². The monoisotopic (exact) mass is 266 g/mol. The predicted octanol–water partition coefficient (Wildman–Crippen LogP) is 3.94. The minimum Gasteiger partial charge on any atom is -0.329 e. The number of fused-ring (bicyclic) bond motifs is 1. The van der Waals surface area contributed by atoms with E-state index in [4.69, 9.17) is 5.73 Å². The number of rotatable bonds is 8. The van der Waals surface area contributed by atoms with Gasteiger partial charge in [0, 0.05) is 18.6 Å². The molecule has 1 saturated carbocycles. The number of unbranched alkanes of at least 4 members (excludes halogenated alkanes) is 4. The second-order valence-corrected chi connectivity index (χ2v) is 6.73. The van der Waals surface area contributed by atoms with E-state index in [-0.39, 0.29) is 0 Å². The van der Waals surface area contributed by atoms with Gasteiger partial charge in [-0.3, -0.25) is 4.90 Å². The van der Waals surface area contributed by atoms with Crippen LogP contribution in [0.1, 0.15) is 77.6 Å². The lowest BCUT2D eigenvalue weighted by molar-refractivity contribution is 0.0654. The normalized spacial score (nSPS) is 29.4. The van der Waals surface area contributed by atoms with Gasteiger partial charge in [0.25, 0.3) is 0 Å². The summed E-state index contributed by atoms with van der Waals surface area (Å²) in [6, 6.07) is 1.56. The second kappa shape index (κ2) is 8.26. The standard InChI is InChI=1S/C17H34N2/c1-2-3-4-5-6-11-16(14-18)19-13-8-10-15-9-7-12-17(15)19/h15-17H,2-14,18H2,1H3. The van der Waals surface area contributed by atoms with E-state index in [1.807, 2.05) is 0 Å². The summed E-state index contributed by atoms with van der Waals surface area (Å²) in [5.74, 6) is 1.00. The number of likely N-dealkylation sites (tertiary alicyclic amines) is 1. The topological polar surface area (TPSA) is 29.3 Å². The first-order chi connectivity index (χ1) is 9.36. The second-order valence-electron chi connectivity index (χ2n) is 6.73. The minimum atomic E-state index is 0.674. The zero-order valence-electron chi connectivity index (χ0n) is 12.9. The van der Waals surface area contributed by atoms with Crippen LogP contribution in [0.3, 0.4) is 0 Å². The Morgan fingerprint density at radius 2 is 1.84 bits per heavy atom. The highest BCUT2D eigenvalue weighted by Crippen LogP contribution is 2.38. The van der Waals surface area contributed by atoms with Gasteiger partial charge in [-0.15, -0.1) is 0 Å². The van der Waals surface area contributed by atoms with Gasteiger partial charge in [0.05, 0.1) is 0 Å². The van der Waals surface area contributed by atoms with Gasteiger partial charge in [0.1, 0.15) is 0 Å². The third-order valence-electron chi connectivity index (χ3n) is 5.42. The van der Waals surface area contributed by atoms with Crippen molar-refractivity contribution in [2.75, 3.05) is 13.1 Å². The van der Waals surface area contributed by atoms with Crippen LogP contribution in [0.2, 0.25) is 0 Å². The fourth-order valence-electron chi connectivity index (χ4n) is 4.35. The lowest BCUT2D eigenvalue weighted by Gasteiger charge is -2.42. The molecule has 0 spiro atoms. The average molecular weight is 266 g/mol. The van der Waals surface area contributed by atoms with E-state index in [1.165, 1.54) is 77.2 Å². The molecular formula is C17H34N2. The molecule has 0 bridgehead atoms. The summed E-state index contributed by atoms with van der Waals surface area (Å²) in [5.41, 5.74) is 6.09. The van der Waals surface area contributed by atoms with E-state index in [2.05, 4.69) is 11.8 Å². The van der Waals surface area contributed by atoms with Crippen LogP contribution >= 0.6 is 0 Å². The summed E-state index contributed by atoms with van der Waals surface area (Å²) in [6.45, 7) is 4.48. The molecule has 0 aromatic carbocycles. The number of hydrogen-bond donors (Lipinski definition) is 1. The Morgan fingerprint density at radius 3 is 2.63 bits per heavy atom. The van der Waals surface area contributed by atoms with Gasteiger partial charge in [0.15, 0.2) is 0 Å². The van der Waals surface area contributed by atoms with E-state index in [0.29, 0.717) is 6.04 Å². The highest BCUT2D eigenvalue weighted by Gasteiger charge is 2.37. The third-order valence-corrected chi connectivity index (χ3v) is 5.42. The average Bonchev–Trinajstić information content (AvgIpc) is 2.91. The number of nitrogens with two attached hydrogens (primary N) is 1. The van der Waals surface area contributed by atoms with Crippen LogP contribution in [0.5, 0.6) is 0 Å². The van der Waals surface area contributed by atoms with Gasteiger partial charge in [-0.1, -0.05) is 45.4 Å². The highest BCUT2D eigenvalue weighted by atomic mass is 15.2. The summed E-state index contributed by atoms with van der Waals surface area (Å²) in [4.78, 5) is 2.81. The predicted molar refractivity (Wildman–Crippen MR) is 83.3 cm³/mol. The van der Waals surface area contributed by atoms with Crippen molar-refractivity contribution >= 4 is 0 Å². The summed E-state index contributed by atoms with van der Waals surface area (Å²) in [5, 5.41) is 0. The summed E-state index contributed by atoms with van der Waals surface area (Å²) in [6.07, 6.45) is 15.6. The zero-order chi connectivity index (χ0) is 13.5.